The van der Waals surface area contributed by atoms with E-state index in [0.29, 0.717) is 19.4 Å². The van der Waals surface area contributed by atoms with Crippen LogP contribution in [0, 0.1) is 11.8 Å². The summed E-state index contributed by atoms with van der Waals surface area (Å²) in [6.07, 6.45) is 5.09. The van der Waals surface area contributed by atoms with Crippen molar-refractivity contribution in [3.63, 3.8) is 0 Å². The molecule has 3 rings (SSSR count). The van der Waals surface area contributed by atoms with Crippen molar-refractivity contribution in [2.45, 2.75) is 63.6 Å². The van der Waals surface area contributed by atoms with Crippen molar-refractivity contribution < 1.29 is 24.2 Å². The van der Waals surface area contributed by atoms with Gasteiger partial charge in [0.25, 0.3) is 0 Å². The SMILES string of the molecule is COC(=O)C(CCc1ccccc1)NC(C)C(=O)N1CC2CCCCC2C1C(=O)O. The maximum absolute atomic E-state index is 13.2. The molecule has 1 aliphatic heterocycles. The summed E-state index contributed by atoms with van der Waals surface area (Å²) in [5.74, 6) is -1.33. The van der Waals surface area contributed by atoms with E-state index in [1.165, 1.54) is 12.0 Å². The van der Waals surface area contributed by atoms with E-state index in [1.54, 1.807) is 6.92 Å². The van der Waals surface area contributed by atoms with Gasteiger partial charge >= 0.3 is 11.9 Å². The molecule has 1 aromatic carbocycles. The third-order valence-electron chi connectivity index (χ3n) is 6.55. The normalized spacial score (nSPS) is 25.3. The number of carboxylic acids is 1. The zero-order valence-corrected chi connectivity index (χ0v) is 17.8. The van der Waals surface area contributed by atoms with Crippen LogP contribution in [0.5, 0.6) is 0 Å². The fourth-order valence-electron chi connectivity index (χ4n) is 5.01. The van der Waals surface area contributed by atoms with Crippen LogP contribution in [0.4, 0.5) is 0 Å². The minimum absolute atomic E-state index is 0.0295. The van der Waals surface area contributed by atoms with E-state index in [-0.39, 0.29) is 17.7 Å². The lowest BCUT2D eigenvalue weighted by molar-refractivity contribution is -0.151. The number of nitrogens with one attached hydrogen (secondary N) is 1. The first-order valence-electron chi connectivity index (χ1n) is 10.8. The Labute approximate surface area is 177 Å². The summed E-state index contributed by atoms with van der Waals surface area (Å²) < 4.78 is 4.92. The molecule has 1 aliphatic carbocycles. The predicted molar refractivity (Wildman–Crippen MR) is 112 cm³/mol. The molecule has 1 amide bonds. The van der Waals surface area contributed by atoms with E-state index >= 15 is 0 Å². The third kappa shape index (κ3) is 5.01. The number of carbonyl (C=O) groups excluding carboxylic acids is 2. The Balaban J connectivity index is 1.66. The van der Waals surface area contributed by atoms with Crippen LogP contribution in [-0.2, 0) is 25.5 Å². The lowest BCUT2D eigenvalue weighted by atomic mass is 9.78. The number of esters is 1. The number of likely N-dealkylation sites (tertiary alicyclic amines) is 1. The third-order valence-corrected chi connectivity index (χ3v) is 6.55. The second kappa shape index (κ2) is 10.1. The Kier molecular flexibility index (Phi) is 7.48. The maximum atomic E-state index is 13.2. The highest BCUT2D eigenvalue weighted by Crippen LogP contribution is 2.40. The number of aryl methyl sites for hydroxylation is 1. The molecule has 2 fully saturated rings. The van der Waals surface area contributed by atoms with Crippen LogP contribution in [0.1, 0.15) is 44.6 Å². The van der Waals surface area contributed by atoms with Crippen molar-refractivity contribution in [3.8, 4) is 0 Å². The number of benzene rings is 1. The van der Waals surface area contributed by atoms with E-state index in [9.17, 15) is 19.5 Å². The summed E-state index contributed by atoms with van der Waals surface area (Å²) in [5.41, 5.74) is 1.10. The number of fused-ring (bicyclic) bond motifs is 1. The van der Waals surface area contributed by atoms with Gasteiger partial charge in [-0.1, -0.05) is 43.2 Å². The molecule has 2 N–H and O–H groups in total. The molecule has 1 heterocycles. The molecule has 5 unspecified atom stereocenters. The highest BCUT2D eigenvalue weighted by Gasteiger charge is 2.49. The molecule has 30 heavy (non-hydrogen) atoms. The van der Waals surface area contributed by atoms with Crippen LogP contribution in [0.3, 0.4) is 0 Å². The molecule has 2 aliphatic rings. The molecular weight excluding hydrogens is 384 g/mol. The number of carbonyl (C=O) groups is 3. The van der Waals surface area contributed by atoms with Gasteiger partial charge in [0.1, 0.15) is 12.1 Å². The Hall–Kier alpha value is -2.41. The fraction of sp³-hybridized carbons (Fsp3) is 0.609. The van der Waals surface area contributed by atoms with Gasteiger partial charge in [-0.2, -0.15) is 0 Å². The summed E-state index contributed by atoms with van der Waals surface area (Å²) in [6, 6.07) is 7.73. The molecule has 164 valence electrons. The highest BCUT2D eigenvalue weighted by atomic mass is 16.5. The van der Waals surface area contributed by atoms with Crippen molar-refractivity contribution in [1.29, 1.82) is 0 Å². The first-order chi connectivity index (χ1) is 14.4. The van der Waals surface area contributed by atoms with Crippen molar-refractivity contribution >= 4 is 17.8 Å². The number of hydrogen-bond donors (Lipinski definition) is 2. The summed E-state index contributed by atoms with van der Waals surface area (Å²) >= 11 is 0. The largest absolute Gasteiger partial charge is 0.480 e. The number of methoxy groups -OCH3 is 1. The first kappa shape index (κ1) is 22.3. The summed E-state index contributed by atoms with van der Waals surface area (Å²) in [5, 5.41) is 12.9. The molecule has 0 radical (unpaired) electrons. The van der Waals surface area contributed by atoms with Gasteiger partial charge < -0.3 is 14.7 Å². The molecule has 7 heteroatoms. The fourth-order valence-corrected chi connectivity index (χ4v) is 5.01. The summed E-state index contributed by atoms with van der Waals surface area (Å²) in [6.45, 7) is 2.18. The van der Waals surface area contributed by atoms with Gasteiger partial charge in [0, 0.05) is 6.54 Å². The minimum Gasteiger partial charge on any atom is -0.480 e. The smallest absolute Gasteiger partial charge is 0.326 e. The second-order valence-electron chi connectivity index (χ2n) is 8.47. The molecule has 7 nitrogen and oxygen atoms in total. The Bertz CT molecular complexity index is 753. The van der Waals surface area contributed by atoms with E-state index in [2.05, 4.69) is 5.32 Å². The number of rotatable bonds is 8. The van der Waals surface area contributed by atoms with Crippen LogP contribution >= 0.6 is 0 Å². The van der Waals surface area contributed by atoms with Gasteiger partial charge in [0.05, 0.1) is 13.2 Å². The van der Waals surface area contributed by atoms with E-state index in [1.807, 2.05) is 30.3 Å². The van der Waals surface area contributed by atoms with E-state index < -0.39 is 30.1 Å². The van der Waals surface area contributed by atoms with Gasteiger partial charge in [0.2, 0.25) is 5.91 Å². The van der Waals surface area contributed by atoms with Crippen molar-refractivity contribution in [2.24, 2.45) is 11.8 Å². The molecule has 1 saturated carbocycles. The van der Waals surface area contributed by atoms with Crippen LogP contribution in [0.15, 0.2) is 30.3 Å². The zero-order valence-electron chi connectivity index (χ0n) is 17.8. The zero-order chi connectivity index (χ0) is 21.7. The van der Waals surface area contributed by atoms with Gasteiger partial charge in [0.15, 0.2) is 0 Å². The van der Waals surface area contributed by atoms with Crippen LogP contribution in [0.25, 0.3) is 0 Å². The van der Waals surface area contributed by atoms with Gasteiger partial charge in [-0.05, 0) is 50.0 Å². The molecule has 0 bridgehead atoms. The summed E-state index contributed by atoms with van der Waals surface area (Å²) in [4.78, 5) is 38.9. The molecule has 1 saturated heterocycles. The maximum Gasteiger partial charge on any atom is 0.326 e. The average molecular weight is 417 g/mol. The van der Waals surface area contributed by atoms with Crippen molar-refractivity contribution in [3.05, 3.63) is 35.9 Å². The van der Waals surface area contributed by atoms with E-state index in [4.69, 9.17) is 4.74 Å². The summed E-state index contributed by atoms with van der Waals surface area (Å²) in [7, 11) is 1.33. The predicted octanol–water partition coefficient (Wildman–Crippen LogP) is 2.24. The van der Waals surface area contributed by atoms with Crippen molar-refractivity contribution in [1.82, 2.24) is 10.2 Å². The Morgan fingerprint density at radius 2 is 1.90 bits per heavy atom. The molecule has 0 aromatic heterocycles. The van der Waals surface area contributed by atoms with E-state index in [0.717, 1.165) is 31.2 Å². The number of aliphatic carboxylic acids is 1. The van der Waals surface area contributed by atoms with Gasteiger partial charge in [-0.25, -0.2) is 4.79 Å². The van der Waals surface area contributed by atoms with Crippen LogP contribution < -0.4 is 5.32 Å². The molecule has 5 atom stereocenters. The lowest BCUT2D eigenvalue weighted by Crippen LogP contribution is -2.54. The Morgan fingerprint density at radius 3 is 2.57 bits per heavy atom. The van der Waals surface area contributed by atoms with Gasteiger partial charge in [-0.3, -0.25) is 14.9 Å². The standard InChI is InChI=1S/C23H32N2O5/c1-15(24-19(23(29)30-2)13-12-16-8-4-3-5-9-16)21(26)25-14-17-10-6-7-11-18(17)20(25)22(27)28/h3-5,8-9,15,17-20,24H,6-7,10-14H2,1-2H3,(H,27,28). The number of carboxylic acid groups (broad SMARTS) is 1. The lowest BCUT2D eigenvalue weighted by Gasteiger charge is -2.29. The molecular formula is C23H32N2O5. The van der Waals surface area contributed by atoms with Crippen LogP contribution in [-0.4, -0.2) is 59.6 Å². The number of amides is 1. The Morgan fingerprint density at radius 1 is 1.20 bits per heavy atom. The topological polar surface area (TPSA) is 95.9 Å². The van der Waals surface area contributed by atoms with Gasteiger partial charge in [-0.15, -0.1) is 0 Å². The monoisotopic (exact) mass is 416 g/mol. The quantitative estimate of drug-likeness (QED) is 0.631. The molecule has 1 aromatic rings. The minimum atomic E-state index is -0.932. The average Bonchev–Trinajstić information content (AvgIpc) is 3.15. The number of hydrogen-bond acceptors (Lipinski definition) is 5. The molecule has 0 spiro atoms. The first-order valence-corrected chi connectivity index (χ1v) is 10.8. The number of ether oxygens (including phenoxy) is 1. The van der Waals surface area contributed by atoms with Crippen LogP contribution in [0.2, 0.25) is 0 Å². The second-order valence-corrected chi connectivity index (χ2v) is 8.47. The highest BCUT2D eigenvalue weighted by molar-refractivity contribution is 5.88. The van der Waals surface area contributed by atoms with Crippen molar-refractivity contribution in [2.75, 3.05) is 13.7 Å². The number of nitrogens with zero attached hydrogens (tertiary/aromatic N) is 1.